The van der Waals surface area contributed by atoms with Gasteiger partial charge in [-0.15, -0.1) is 0 Å². The Morgan fingerprint density at radius 1 is 1.45 bits per heavy atom. The Labute approximate surface area is 120 Å². The Kier molecular flexibility index (Phi) is 4.49. The van der Waals surface area contributed by atoms with Gasteiger partial charge in [-0.25, -0.2) is 4.79 Å². The van der Waals surface area contributed by atoms with Crippen LogP contribution in [0.4, 0.5) is 11.4 Å². The molecule has 0 bridgehead atoms. The second-order valence-electron chi connectivity index (χ2n) is 5.19. The first-order valence-corrected chi connectivity index (χ1v) is 7.03. The molecule has 0 aromatic heterocycles. The summed E-state index contributed by atoms with van der Waals surface area (Å²) in [6.07, 6.45) is 0. The molecule has 1 aliphatic heterocycles. The van der Waals surface area contributed by atoms with Crippen LogP contribution in [0.2, 0.25) is 0 Å². The number of piperazine rings is 1. The van der Waals surface area contributed by atoms with Gasteiger partial charge in [0.25, 0.3) is 0 Å². The summed E-state index contributed by atoms with van der Waals surface area (Å²) < 4.78 is 4.86. The molecule has 20 heavy (non-hydrogen) atoms. The number of hydrogen-bond donors (Lipinski definition) is 1. The van der Waals surface area contributed by atoms with Crippen LogP contribution in [0.5, 0.6) is 0 Å². The SMILES string of the molecule is CCN1CCN(c2ccc(N)cc2C(=O)OC)CC1C. The largest absolute Gasteiger partial charge is 0.465 e. The summed E-state index contributed by atoms with van der Waals surface area (Å²) in [5, 5.41) is 0. The van der Waals surface area contributed by atoms with E-state index < -0.39 is 0 Å². The Hall–Kier alpha value is -1.75. The quantitative estimate of drug-likeness (QED) is 0.671. The third kappa shape index (κ3) is 2.88. The van der Waals surface area contributed by atoms with Crippen LogP contribution in [0.1, 0.15) is 24.2 Å². The maximum atomic E-state index is 11.9. The zero-order valence-electron chi connectivity index (χ0n) is 12.4. The van der Waals surface area contributed by atoms with E-state index in [9.17, 15) is 4.79 Å². The van der Waals surface area contributed by atoms with Crippen LogP contribution >= 0.6 is 0 Å². The van der Waals surface area contributed by atoms with Crippen molar-refractivity contribution in [3.8, 4) is 0 Å². The van der Waals surface area contributed by atoms with Gasteiger partial charge >= 0.3 is 5.97 Å². The van der Waals surface area contributed by atoms with E-state index in [0.29, 0.717) is 17.3 Å². The van der Waals surface area contributed by atoms with Crippen molar-refractivity contribution in [3.05, 3.63) is 23.8 Å². The number of nitrogens with zero attached hydrogens (tertiary/aromatic N) is 2. The van der Waals surface area contributed by atoms with Crippen molar-refractivity contribution in [2.45, 2.75) is 19.9 Å². The van der Waals surface area contributed by atoms with Crippen molar-refractivity contribution in [2.75, 3.05) is 43.9 Å². The molecule has 5 heteroatoms. The van der Waals surface area contributed by atoms with Crippen molar-refractivity contribution in [2.24, 2.45) is 0 Å². The van der Waals surface area contributed by atoms with Crippen LogP contribution in [-0.4, -0.2) is 50.2 Å². The van der Waals surface area contributed by atoms with E-state index in [4.69, 9.17) is 10.5 Å². The molecule has 0 amide bonds. The summed E-state index contributed by atoms with van der Waals surface area (Å²) in [6.45, 7) is 8.26. The average Bonchev–Trinajstić information content (AvgIpc) is 2.46. The molecule has 0 saturated carbocycles. The van der Waals surface area contributed by atoms with Crippen molar-refractivity contribution >= 4 is 17.3 Å². The van der Waals surface area contributed by atoms with Crippen molar-refractivity contribution in [1.82, 2.24) is 4.90 Å². The Balaban J connectivity index is 2.27. The predicted octanol–water partition coefficient (Wildman–Crippen LogP) is 1.59. The highest BCUT2D eigenvalue weighted by molar-refractivity contribution is 5.97. The standard InChI is InChI=1S/C15H23N3O2/c1-4-17-7-8-18(10-11(17)2)14-6-5-12(16)9-13(14)15(19)20-3/h5-6,9,11H,4,7-8,10,16H2,1-3H3. The molecule has 2 rings (SSSR count). The molecule has 0 spiro atoms. The van der Waals surface area contributed by atoms with E-state index in [0.717, 1.165) is 31.9 Å². The Morgan fingerprint density at radius 2 is 2.20 bits per heavy atom. The van der Waals surface area contributed by atoms with Crippen LogP contribution in [0.25, 0.3) is 0 Å². The first-order valence-electron chi connectivity index (χ1n) is 7.03. The molecule has 1 atom stereocenters. The molecule has 1 heterocycles. The number of methoxy groups -OCH3 is 1. The molecule has 0 radical (unpaired) electrons. The van der Waals surface area contributed by atoms with Gasteiger partial charge in [-0.1, -0.05) is 6.92 Å². The first-order chi connectivity index (χ1) is 9.56. The van der Waals surface area contributed by atoms with Crippen LogP contribution < -0.4 is 10.6 Å². The van der Waals surface area contributed by atoms with E-state index >= 15 is 0 Å². The van der Waals surface area contributed by atoms with E-state index in [1.165, 1.54) is 7.11 Å². The number of carbonyl (C=O) groups is 1. The molecule has 1 aliphatic rings. The number of anilines is 2. The van der Waals surface area contributed by atoms with Crippen LogP contribution in [-0.2, 0) is 4.74 Å². The lowest BCUT2D eigenvalue weighted by Crippen LogP contribution is -2.52. The molecular weight excluding hydrogens is 254 g/mol. The lowest BCUT2D eigenvalue weighted by molar-refractivity contribution is 0.0601. The predicted molar refractivity (Wildman–Crippen MR) is 81.1 cm³/mol. The number of likely N-dealkylation sites (N-methyl/N-ethyl adjacent to an activating group) is 1. The molecule has 0 aliphatic carbocycles. The summed E-state index contributed by atoms with van der Waals surface area (Å²) in [5.41, 5.74) is 7.82. The minimum Gasteiger partial charge on any atom is -0.465 e. The third-order valence-electron chi connectivity index (χ3n) is 3.94. The van der Waals surface area contributed by atoms with Gasteiger partial charge in [-0.3, -0.25) is 4.90 Å². The monoisotopic (exact) mass is 277 g/mol. The highest BCUT2D eigenvalue weighted by atomic mass is 16.5. The van der Waals surface area contributed by atoms with Gasteiger partial charge in [-0.2, -0.15) is 0 Å². The van der Waals surface area contributed by atoms with Gasteiger partial charge in [0.05, 0.1) is 18.4 Å². The molecule has 5 nitrogen and oxygen atoms in total. The highest BCUT2D eigenvalue weighted by Crippen LogP contribution is 2.26. The molecular formula is C15H23N3O2. The van der Waals surface area contributed by atoms with E-state index in [1.54, 1.807) is 6.07 Å². The number of rotatable bonds is 3. The zero-order valence-corrected chi connectivity index (χ0v) is 12.4. The number of hydrogen-bond acceptors (Lipinski definition) is 5. The summed E-state index contributed by atoms with van der Waals surface area (Å²) in [7, 11) is 1.40. The molecule has 2 N–H and O–H groups in total. The number of nitrogen functional groups attached to an aromatic ring is 1. The Bertz CT molecular complexity index is 490. The molecule has 110 valence electrons. The Morgan fingerprint density at radius 3 is 2.80 bits per heavy atom. The normalized spacial score (nSPS) is 19.9. The van der Waals surface area contributed by atoms with Gasteiger partial charge in [0.15, 0.2) is 0 Å². The van der Waals surface area contributed by atoms with Crippen molar-refractivity contribution in [1.29, 1.82) is 0 Å². The number of ether oxygens (including phenoxy) is 1. The van der Waals surface area contributed by atoms with Gasteiger partial charge < -0.3 is 15.4 Å². The maximum absolute atomic E-state index is 11.9. The van der Waals surface area contributed by atoms with E-state index in [-0.39, 0.29) is 5.97 Å². The fourth-order valence-electron chi connectivity index (χ4n) is 2.79. The average molecular weight is 277 g/mol. The number of carbonyl (C=O) groups excluding carboxylic acids is 1. The summed E-state index contributed by atoms with van der Waals surface area (Å²) in [6, 6.07) is 5.91. The lowest BCUT2D eigenvalue weighted by atomic mass is 10.1. The fraction of sp³-hybridized carbons (Fsp3) is 0.533. The first kappa shape index (κ1) is 14.7. The van der Waals surface area contributed by atoms with E-state index in [2.05, 4.69) is 23.6 Å². The number of esters is 1. The summed E-state index contributed by atoms with van der Waals surface area (Å²) >= 11 is 0. The van der Waals surface area contributed by atoms with Crippen molar-refractivity contribution < 1.29 is 9.53 Å². The third-order valence-corrected chi connectivity index (χ3v) is 3.94. The number of benzene rings is 1. The number of nitrogens with two attached hydrogens (primary N) is 1. The second kappa shape index (κ2) is 6.13. The maximum Gasteiger partial charge on any atom is 0.340 e. The molecule has 1 aromatic rings. The van der Waals surface area contributed by atoms with Crippen LogP contribution in [0.15, 0.2) is 18.2 Å². The fourth-order valence-corrected chi connectivity index (χ4v) is 2.79. The van der Waals surface area contributed by atoms with Crippen LogP contribution in [0.3, 0.4) is 0 Å². The van der Waals surface area contributed by atoms with E-state index in [1.807, 2.05) is 12.1 Å². The van der Waals surface area contributed by atoms with Crippen molar-refractivity contribution in [3.63, 3.8) is 0 Å². The molecule has 1 unspecified atom stereocenters. The molecule has 1 fully saturated rings. The van der Waals surface area contributed by atoms with Gasteiger partial charge in [-0.05, 0) is 31.7 Å². The minimum atomic E-state index is -0.335. The molecule has 1 aromatic carbocycles. The highest BCUT2D eigenvalue weighted by Gasteiger charge is 2.25. The summed E-state index contributed by atoms with van der Waals surface area (Å²) in [5.74, 6) is -0.335. The zero-order chi connectivity index (χ0) is 14.7. The minimum absolute atomic E-state index is 0.335. The smallest absolute Gasteiger partial charge is 0.340 e. The topological polar surface area (TPSA) is 58.8 Å². The van der Waals surface area contributed by atoms with Gasteiger partial charge in [0, 0.05) is 31.4 Å². The van der Waals surface area contributed by atoms with Crippen LogP contribution in [0, 0.1) is 0 Å². The lowest BCUT2D eigenvalue weighted by Gasteiger charge is -2.41. The summed E-state index contributed by atoms with van der Waals surface area (Å²) in [4.78, 5) is 16.6. The second-order valence-corrected chi connectivity index (χ2v) is 5.19. The molecule has 1 saturated heterocycles. The van der Waals surface area contributed by atoms with Gasteiger partial charge in [0.2, 0.25) is 0 Å². The van der Waals surface area contributed by atoms with Gasteiger partial charge in [0.1, 0.15) is 0 Å².